The molecule has 6 heteroatoms. The van der Waals surface area contributed by atoms with Crippen molar-refractivity contribution < 1.29 is 8.42 Å². The first kappa shape index (κ1) is 15.9. The molecule has 0 atom stereocenters. The van der Waals surface area contributed by atoms with Gasteiger partial charge in [-0.15, -0.1) is 0 Å². The summed E-state index contributed by atoms with van der Waals surface area (Å²) >= 11 is 0. The first-order valence-corrected chi connectivity index (χ1v) is 7.86. The van der Waals surface area contributed by atoms with Crippen molar-refractivity contribution in [1.82, 2.24) is 9.62 Å². The van der Waals surface area contributed by atoms with Gasteiger partial charge in [0.25, 0.3) is 0 Å². The average molecular weight is 285 g/mol. The summed E-state index contributed by atoms with van der Waals surface area (Å²) in [5, 5.41) is 3.28. The Morgan fingerprint density at radius 2 is 1.74 bits per heavy atom. The molecule has 5 nitrogen and oxygen atoms in total. The fourth-order valence-electron chi connectivity index (χ4n) is 1.66. The number of nitrogens with one attached hydrogen (secondary N) is 2. The molecular weight excluding hydrogens is 262 g/mol. The van der Waals surface area contributed by atoms with Crippen molar-refractivity contribution in [3.05, 3.63) is 24.3 Å². The molecule has 19 heavy (non-hydrogen) atoms. The summed E-state index contributed by atoms with van der Waals surface area (Å²) < 4.78 is 25.4. The van der Waals surface area contributed by atoms with Crippen molar-refractivity contribution >= 4 is 15.7 Å². The van der Waals surface area contributed by atoms with Gasteiger partial charge in [-0.25, -0.2) is 13.1 Å². The highest BCUT2D eigenvalue weighted by Crippen LogP contribution is 2.13. The lowest BCUT2D eigenvalue weighted by atomic mass is 10.2. The molecule has 0 radical (unpaired) electrons. The van der Waals surface area contributed by atoms with Gasteiger partial charge in [-0.2, -0.15) is 0 Å². The van der Waals surface area contributed by atoms with Gasteiger partial charge in [0.1, 0.15) is 0 Å². The second-order valence-corrected chi connectivity index (χ2v) is 6.56. The van der Waals surface area contributed by atoms with E-state index in [1.165, 1.54) is 7.05 Å². The molecule has 0 saturated heterocycles. The fourth-order valence-corrected chi connectivity index (χ4v) is 2.39. The summed E-state index contributed by atoms with van der Waals surface area (Å²) in [5.41, 5.74) is 0.944. The minimum absolute atomic E-state index is 0.285. The van der Waals surface area contributed by atoms with Gasteiger partial charge in [0.05, 0.1) is 4.90 Å². The Kier molecular flexibility index (Phi) is 6.27. The van der Waals surface area contributed by atoms with E-state index in [9.17, 15) is 8.42 Å². The third kappa shape index (κ3) is 5.59. The highest BCUT2D eigenvalue weighted by molar-refractivity contribution is 7.89. The zero-order valence-electron chi connectivity index (χ0n) is 11.8. The average Bonchev–Trinajstić information content (AvgIpc) is 2.38. The van der Waals surface area contributed by atoms with Crippen molar-refractivity contribution in [3.8, 4) is 0 Å². The number of nitrogens with zero attached hydrogens (tertiary/aromatic N) is 1. The normalized spacial score (nSPS) is 11.8. The molecule has 0 aliphatic carbocycles. The van der Waals surface area contributed by atoms with E-state index in [0.717, 1.165) is 31.6 Å². The van der Waals surface area contributed by atoms with E-state index in [4.69, 9.17) is 0 Å². The topological polar surface area (TPSA) is 61.4 Å². The second kappa shape index (κ2) is 7.47. The number of benzene rings is 1. The molecule has 0 aromatic heterocycles. The monoisotopic (exact) mass is 285 g/mol. The number of unbranched alkanes of at least 4 members (excludes halogenated alkanes) is 1. The van der Waals surface area contributed by atoms with E-state index in [-0.39, 0.29) is 4.90 Å². The van der Waals surface area contributed by atoms with Crippen LogP contribution in [-0.2, 0) is 10.0 Å². The highest BCUT2D eigenvalue weighted by Gasteiger charge is 2.09. The summed E-state index contributed by atoms with van der Waals surface area (Å²) in [7, 11) is 2.20. The van der Waals surface area contributed by atoms with Gasteiger partial charge in [0.2, 0.25) is 10.0 Å². The van der Waals surface area contributed by atoms with Gasteiger partial charge in [-0.3, -0.25) is 0 Å². The minimum atomic E-state index is -3.34. The molecule has 2 N–H and O–H groups in total. The molecular formula is C13H23N3O2S. The van der Waals surface area contributed by atoms with E-state index in [2.05, 4.69) is 29.0 Å². The Hall–Kier alpha value is -1.11. The Bertz CT molecular complexity index is 469. The van der Waals surface area contributed by atoms with E-state index in [0.29, 0.717) is 0 Å². The van der Waals surface area contributed by atoms with Crippen molar-refractivity contribution in [2.45, 2.75) is 17.7 Å². The van der Waals surface area contributed by atoms with Crippen LogP contribution in [0.5, 0.6) is 0 Å². The Morgan fingerprint density at radius 3 is 2.26 bits per heavy atom. The molecule has 0 heterocycles. The van der Waals surface area contributed by atoms with Gasteiger partial charge in [0.15, 0.2) is 0 Å². The van der Waals surface area contributed by atoms with Crippen molar-refractivity contribution in [2.75, 3.05) is 39.5 Å². The van der Waals surface area contributed by atoms with Crippen LogP contribution < -0.4 is 10.0 Å². The molecule has 108 valence electrons. The predicted molar refractivity (Wildman–Crippen MR) is 79.0 cm³/mol. The standard InChI is InChI=1S/C13H23N3O2S/c1-14-19(17,18)13-8-6-12(7-9-13)15-10-4-5-11-16(2)3/h6-9,14-15H,4-5,10-11H2,1-3H3. The minimum Gasteiger partial charge on any atom is -0.385 e. The third-order valence-electron chi connectivity index (χ3n) is 2.79. The van der Waals surface area contributed by atoms with E-state index >= 15 is 0 Å². The Balaban J connectivity index is 2.41. The van der Waals surface area contributed by atoms with Crippen LogP contribution in [0, 0.1) is 0 Å². The Morgan fingerprint density at radius 1 is 1.11 bits per heavy atom. The maximum absolute atomic E-state index is 11.5. The largest absolute Gasteiger partial charge is 0.385 e. The number of sulfonamides is 1. The lowest BCUT2D eigenvalue weighted by molar-refractivity contribution is 0.396. The van der Waals surface area contributed by atoms with Crippen LogP contribution in [0.25, 0.3) is 0 Å². The lowest BCUT2D eigenvalue weighted by Gasteiger charge is -2.10. The number of hydrogen-bond acceptors (Lipinski definition) is 4. The Labute approximate surface area is 116 Å². The number of rotatable bonds is 8. The van der Waals surface area contributed by atoms with Crippen LogP contribution in [0.2, 0.25) is 0 Å². The molecule has 0 aliphatic heterocycles. The molecule has 0 bridgehead atoms. The van der Waals surface area contributed by atoms with Gasteiger partial charge >= 0.3 is 0 Å². The summed E-state index contributed by atoms with van der Waals surface area (Å²) in [4.78, 5) is 2.45. The van der Waals surface area contributed by atoms with Gasteiger partial charge < -0.3 is 10.2 Å². The van der Waals surface area contributed by atoms with Crippen LogP contribution in [0.1, 0.15) is 12.8 Å². The fraction of sp³-hybridized carbons (Fsp3) is 0.538. The molecule has 0 unspecified atom stereocenters. The van der Waals surface area contributed by atoms with Crippen LogP contribution in [0.4, 0.5) is 5.69 Å². The van der Waals surface area contributed by atoms with E-state index in [1.54, 1.807) is 24.3 Å². The maximum atomic E-state index is 11.5. The van der Waals surface area contributed by atoms with Crippen molar-refractivity contribution in [2.24, 2.45) is 0 Å². The van der Waals surface area contributed by atoms with E-state index in [1.807, 2.05) is 0 Å². The number of anilines is 1. The van der Waals surface area contributed by atoms with Crippen LogP contribution in [0.15, 0.2) is 29.2 Å². The first-order chi connectivity index (χ1) is 8.95. The maximum Gasteiger partial charge on any atom is 0.240 e. The quantitative estimate of drug-likeness (QED) is 0.708. The number of hydrogen-bond donors (Lipinski definition) is 2. The van der Waals surface area contributed by atoms with Gasteiger partial charge in [-0.05, 0) is 64.8 Å². The molecule has 0 amide bonds. The van der Waals surface area contributed by atoms with Crippen LogP contribution in [0.3, 0.4) is 0 Å². The summed E-state index contributed by atoms with van der Waals surface area (Å²) in [6, 6.07) is 6.79. The molecule has 1 aromatic carbocycles. The molecule has 1 aromatic rings. The zero-order valence-corrected chi connectivity index (χ0v) is 12.6. The predicted octanol–water partition coefficient (Wildman–Crippen LogP) is 1.35. The van der Waals surface area contributed by atoms with Gasteiger partial charge in [0, 0.05) is 12.2 Å². The van der Waals surface area contributed by atoms with Crippen LogP contribution >= 0.6 is 0 Å². The highest BCUT2D eigenvalue weighted by atomic mass is 32.2. The first-order valence-electron chi connectivity index (χ1n) is 6.38. The lowest BCUT2D eigenvalue weighted by Crippen LogP contribution is -2.18. The van der Waals surface area contributed by atoms with Crippen molar-refractivity contribution in [1.29, 1.82) is 0 Å². The van der Waals surface area contributed by atoms with Crippen LogP contribution in [-0.4, -0.2) is 47.6 Å². The summed E-state index contributed by atoms with van der Waals surface area (Å²) in [6.07, 6.45) is 2.24. The zero-order chi connectivity index (χ0) is 14.3. The molecule has 0 aliphatic rings. The summed E-state index contributed by atoms with van der Waals surface area (Å²) in [5.74, 6) is 0. The van der Waals surface area contributed by atoms with Gasteiger partial charge in [-0.1, -0.05) is 0 Å². The van der Waals surface area contributed by atoms with Crippen molar-refractivity contribution in [3.63, 3.8) is 0 Å². The molecule has 1 rings (SSSR count). The molecule has 0 spiro atoms. The molecule has 0 fully saturated rings. The SMILES string of the molecule is CNS(=O)(=O)c1ccc(NCCCCN(C)C)cc1. The van der Waals surface area contributed by atoms with E-state index < -0.39 is 10.0 Å². The second-order valence-electron chi connectivity index (χ2n) is 4.67. The third-order valence-corrected chi connectivity index (χ3v) is 4.22. The molecule has 0 saturated carbocycles. The summed E-state index contributed by atoms with van der Waals surface area (Å²) in [6.45, 7) is 1.98. The smallest absolute Gasteiger partial charge is 0.240 e.